The van der Waals surface area contributed by atoms with Gasteiger partial charge in [0.2, 0.25) is 0 Å². The normalized spacial score (nSPS) is 17.9. The quantitative estimate of drug-likeness (QED) is 0.800. The molecule has 0 spiro atoms. The van der Waals surface area contributed by atoms with E-state index in [9.17, 15) is 4.79 Å². The van der Waals surface area contributed by atoms with Crippen LogP contribution in [0.4, 0.5) is 5.69 Å². The van der Waals surface area contributed by atoms with Crippen molar-refractivity contribution in [2.45, 2.75) is 12.5 Å². The van der Waals surface area contributed by atoms with Gasteiger partial charge < -0.3 is 19.9 Å². The van der Waals surface area contributed by atoms with E-state index in [1.54, 1.807) is 12.1 Å². The number of anilines is 1. The third-order valence-electron chi connectivity index (χ3n) is 2.73. The van der Waals surface area contributed by atoms with Gasteiger partial charge in [0.25, 0.3) is 5.91 Å². The van der Waals surface area contributed by atoms with Crippen molar-refractivity contribution in [3.05, 3.63) is 29.8 Å². The highest BCUT2D eigenvalue weighted by atomic mass is 16.6. The Morgan fingerprint density at radius 2 is 2.15 bits per heavy atom. The molecule has 1 fully saturated rings. The molecule has 0 radical (unpaired) electrons. The SMILES string of the molecule is O=C(Nc1ccc(C#CCCO)cc1)C1COCCO1. The van der Waals surface area contributed by atoms with Gasteiger partial charge in [0.15, 0.2) is 6.10 Å². The third-order valence-corrected chi connectivity index (χ3v) is 2.73. The molecule has 106 valence electrons. The molecule has 1 aromatic rings. The van der Waals surface area contributed by atoms with Gasteiger partial charge in [0.1, 0.15) is 0 Å². The van der Waals surface area contributed by atoms with Crippen LogP contribution in [0, 0.1) is 11.8 Å². The second-order valence-electron chi connectivity index (χ2n) is 4.28. The fourth-order valence-electron chi connectivity index (χ4n) is 1.72. The van der Waals surface area contributed by atoms with Crippen LogP contribution in [0.1, 0.15) is 12.0 Å². The van der Waals surface area contributed by atoms with Crippen LogP contribution < -0.4 is 5.32 Å². The Bertz CT molecular complexity index is 495. The van der Waals surface area contributed by atoms with Crippen LogP contribution in [0.3, 0.4) is 0 Å². The maximum absolute atomic E-state index is 11.9. The van der Waals surface area contributed by atoms with E-state index in [-0.39, 0.29) is 19.1 Å². The highest BCUT2D eigenvalue weighted by Gasteiger charge is 2.22. The average Bonchev–Trinajstić information content (AvgIpc) is 2.50. The molecule has 1 saturated heterocycles. The molecular formula is C15H17NO4. The zero-order chi connectivity index (χ0) is 14.2. The Morgan fingerprint density at radius 1 is 1.35 bits per heavy atom. The lowest BCUT2D eigenvalue weighted by Gasteiger charge is -2.22. The Morgan fingerprint density at radius 3 is 2.80 bits per heavy atom. The first kappa shape index (κ1) is 14.5. The molecule has 0 aromatic heterocycles. The minimum Gasteiger partial charge on any atom is -0.395 e. The number of benzene rings is 1. The summed E-state index contributed by atoms with van der Waals surface area (Å²) in [4.78, 5) is 11.9. The lowest BCUT2D eigenvalue weighted by Crippen LogP contribution is -2.39. The van der Waals surface area contributed by atoms with E-state index in [4.69, 9.17) is 14.6 Å². The van der Waals surface area contributed by atoms with Gasteiger partial charge in [-0.2, -0.15) is 0 Å². The summed E-state index contributed by atoms with van der Waals surface area (Å²) in [5.74, 6) is 5.56. The molecule has 0 aliphatic carbocycles. The topological polar surface area (TPSA) is 67.8 Å². The third kappa shape index (κ3) is 4.35. The molecule has 1 unspecified atom stereocenters. The number of ether oxygens (including phenoxy) is 2. The van der Waals surface area contributed by atoms with E-state index in [0.717, 1.165) is 5.56 Å². The minimum atomic E-state index is -0.548. The van der Waals surface area contributed by atoms with Gasteiger partial charge in [-0.3, -0.25) is 4.79 Å². The standard InChI is InChI=1S/C15H17NO4/c17-8-2-1-3-12-4-6-13(7-5-12)16-15(18)14-11-19-9-10-20-14/h4-7,14,17H,2,8-11H2,(H,16,18). The molecule has 2 N–H and O–H groups in total. The summed E-state index contributed by atoms with van der Waals surface area (Å²) in [6, 6.07) is 7.20. The predicted molar refractivity (Wildman–Crippen MR) is 74.2 cm³/mol. The van der Waals surface area contributed by atoms with Crippen LogP contribution in [-0.2, 0) is 14.3 Å². The van der Waals surface area contributed by atoms with Gasteiger partial charge >= 0.3 is 0 Å². The van der Waals surface area contributed by atoms with E-state index in [0.29, 0.717) is 25.3 Å². The number of amides is 1. The van der Waals surface area contributed by atoms with Gasteiger partial charge in [-0.1, -0.05) is 11.8 Å². The Kier molecular flexibility index (Phi) is 5.56. The summed E-state index contributed by atoms with van der Waals surface area (Å²) in [7, 11) is 0. The number of carbonyl (C=O) groups is 1. The van der Waals surface area contributed by atoms with Crippen molar-refractivity contribution in [2.75, 3.05) is 31.7 Å². The summed E-state index contributed by atoms with van der Waals surface area (Å²) < 4.78 is 10.5. The summed E-state index contributed by atoms with van der Waals surface area (Å²) in [6.07, 6.45) is -0.0925. The summed E-state index contributed by atoms with van der Waals surface area (Å²) in [5.41, 5.74) is 1.53. The maximum atomic E-state index is 11.9. The first-order chi connectivity index (χ1) is 9.79. The van der Waals surface area contributed by atoms with Gasteiger partial charge in [-0.25, -0.2) is 0 Å². The molecule has 2 rings (SSSR count). The van der Waals surface area contributed by atoms with E-state index in [1.165, 1.54) is 0 Å². The molecule has 0 saturated carbocycles. The smallest absolute Gasteiger partial charge is 0.255 e. The number of nitrogens with one attached hydrogen (secondary N) is 1. The predicted octanol–water partition coefficient (Wildman–Crippen LogP) is 0.774. The first-order valence-corrected chi connectivity index (χ1v) is 6.49. The summed E-state index contributed by atoms with van der Waals surface area (Å²) >= 11 is 0. The van der Waals surface area contributed by atoms with Crippen molar-refractivity contribution >= 4 is 11.6 Å². The van der Waals surface area contributed by atoms with Crippen molar-refractivity contribution in [1.29, 1.82) is 0 Å². The largest absolute Gasteiger partial charge is 0.395 e. The lowest BCUT2D eigenvalue weighted by molar-refractivity contribution is -0.142. The van der Waals surface area contributed by atoms with Crippen molar-refractivity contribution < 1.29 is 19.4 Å². The highest BCUT2D eigenvalue weighted by Crippen LogP contribution is 2.11. The first-order valence-electron chi connectivity index (χ1n) is 6.49. The van der Waals surface area contributed by atoms with E-state index in [1.807, 2.05) is 12.1 Å². The van der Waals surface area contributed by atoms with Crippen LogP contribution in [0.15, 0.2) is 24.3 Å². The monoisotopic (exact) mass is 275 g/mol. The molecule has 1 atom stereocenters. The number of hydrogen-bond acceptors (Lipinski definition) is 4. The van der Waals surface area contributed by atoms with Crippen LogP contribution in [-0.4, -0.2) is 43.5 Å². The molecule has 5 heteroatoms. The number of rotatable bonds is 3. The number of aliphatic hydroxyl groups excluding tert-OH is 1. The number of hydrogen-bond donors (Lipinski definition) is 2. The zero-order valence-electron chi connectivity index (χ0n) is 11.1. The van der Waals surface area contributed by atoms with Crippen LogP contribution in [0.2, 0.25) is 0 Å². The molecule has 5 nitrogen and oxygen atoms in total. The molecule has 1 aliphatic heterocycles. The molecule has 1 heterocycles. The Balaban J connectivity index is 1.90. The molecule has 1 amide bonds. The second-order valence-corrected chi connectivity index (χ2v) is 4.28. The number of carbonyl (C=O) groups excluding carboxylic acids is 1. The van der Waals surface area contributed by atoms with Gasteiger partial charge in [0.05, 0.1) is 26.4 Å². The zero-order valence-corrected chi connectivity index (χ0v) is 11.1. The molecule has 0 bridgehead atoms. The Hall–Kier alpha value is -1.87. The van der Waals surface area contributed by atoms with Crippen molar-refractivity contribution in [1.82, 2.24) is 0 Å². The fraction of sp³-hybridized carbons (Fsp3) is 0.400. The van der Waals surface area contributed by atoms with E-state index in [2.05, 4.69) is 17.2 Å². The maximum Gasteiger partial charge on any atom is 0.255 e. The van der Waals surface area contributed by atoms with Crippen molar-refractivity contribution in [3.8, 4) is 11.8 Å². The summed E-state index contributed by atoms with van der Waals surface area (Å²) in [5, 5.41) is 11.4. The number of aliphatic hydroxyl groups is 1. The molecule has 1 aliphatic rings. The minimum absolute atomic E-state index is 0.0601. The Labute approximate surface area is 117 Å². The highest BCUT2D eigenvalue weighted by molar-refractivity contribution is 5.94. The lowest BCUT2D eigenvalue weighted by atomic mass is 10.2. The van der Waals surface area contributed by atoms with Gasteiger partial charge in [0, 0.05) is 17.7 Å². The average molecular weight is 275 g/mol. The van der Waals surface area contributed by atoms with Crippen LogP contribution >= 0.6 is 0 Å². The van der Waals surface area contributed by atoms with E-state index >= 15 is 0 Å². The molecular weight excluding hydrogens is 258 g/mol. The fourth-order valence-corrected chi connectivity index (χ4v) is 1.72. The molecule has 20 heavy (non-hydrogen) atoms. The van der Waals surface area contributed by atoms with Crippen LogP contribution in [0.5, 0.6) is 0 Å². The van der Waals surface area contributed by atoms with Gasteiger partial charge in [-0.05, 0) is 24.3 Å². The summed E-state index contributed by atoms with van der Waals surface area (Å²) in [6.45, 7) is 1.32. The van der Waals surface area contributed by atoms with Crippen LogP contribution in [0.25, 0.3) is 0 Å². The van der Waals surface area contributed by atoms with E-state index < -0.39 is 6.10 Å². The molecule has 1 aromatic carbocycles. The van der Waals surface area contributed by atoms with Crippen molar-refractivity contribution in [2.24, 2.45) is 0 Å². The second kappa shape index (κ2) is 7.65. The van der Waals surface area contributed by atoms with Crippen molar-refractivity contribution in [3.63, 3.8) is 0 Å². The van der Waals surface area contributed by atoms with Gasteiger partial charge in [-0.15, -0.1) is 0 Å².